The number of rotatable bonds is 3. The Hall–Kier alpha value is -0.0800. The molecule has 0 saturated carbocycles. The van der Waals surface area contributed by atoms with E-state index in [1.807, 2.05) is 7.05 Å². The van der Waals surface area contributed by atoms with Crippen molar-refractivity contribution in [2.24, 2.45) is 0 Å². The Morgan fingerprint density at radius 2 is 2.40 bits per heavy atom. The molecule has 60 valence electrons. The highest BCUT2D eigenvalue weighted by molar-refractivity contribution is 4.76. The van der Waals surface area contributed by atoms with Gasteiger partial charge in [-0.25, -0.2) is 0 Å². The van der Waals surface area contributed by atoms with Crippen LogP contribution in [0.1, 0.15) is 19.3 Å². The number of nitrogens with zero attached hydrogens (tertiary/aromatic N) is 1. The molecule has 1 fully saturated rings. The van der Waals surface area contributed by atoms with Crippen LogP contribution in [0.3, 0.4) is 0 Å². The highest BCUT2D eigenvalue weighted by atomic mass is 15.1. The zero-order valence-corrected chi connectivity index (χ0v) is 7.06. The van der Waals surface area contributed by atoms with Gasteiger partial charge in [-0.3, -0.25) is 0 Å². The van der Waals surface area contributed by atoms with E-state index >= 15 is 0 Å². The molecule has 0 aliphatic carbocycles. The molecule has 1 aliphatic rings. The number of hydrogen-bond donors (Lipinski definition) is 1. The molecular formula is C8H18N2. The summed E-state index contributed by atoms with van der Waals surface area (Å²) in [6, 6.07) is 0.854. The molecule has 1 aliphatic heterocycles. The Morgan fingerprint density at radius 3 is 2.90 bits per heavy atom. The van der Waals surface area contributed by atoms with Crippen LogP contribution >= 0.6 is 0 Å². The fourth-order valence-electron chi connectivity index (χ4n) is 1.65. The molecule has 0 amide bonds. The van der Waals surface area contributed by atoms with E-state index in [-0.39, 0.29) is 0 Å². The predicted octanol–water partition coefficient (Wildman–Crippen LogP) is 0.690. The van der Waals surface area contributed by atoms with Crippen LogP contribution < -0.4 is 5.32 Å². The van der Waals surface area contributed by atoms with Gasteiger partial charge in [0.15, 0.2) is 0 Å². The van der Waals surface area contributed by atoms with Crippen LogP contribution in [0.4, 0.5) is 0 Å². The Balaban J connectivity index is 2.14. The van der Waals surface area contributed by atoms with Gasteiger partial charge in [0.25, 0.3) is 0 Å². The van der Waals surface area contributed by atoms with Gasteiger partial charge in [0.05, 0.1) is 0 Å². The molecule has 0 aromatic heterocycles. The lowest BCUT2D eigenvalue weighted by Crippen LogP contribution is -2.27. The highest BCUT2D eigenvalue weighted by Crippen LogP contribution is 2.16. The van der Waals surface area contributed by atoms with Gasteiger partial charge >= 0.3 is 0 Å². The molecule has 1 atom stereocenters. The summed E-state index contributed by atoms with van der Waals surface area (Å²) < 4.78 is 0. The third-order valence-electron chi connectivity index (χ3n) is 2.40. The number of likely N-dealkylation sites (tertiary alicyclic amines) is 1. The van der Waals surface area contributed by atoms with Crippen molar-refractivity contribution < 1.29 is 0 Å². The molecular weight excluding hydrogens is 124 g/mol. The molecule has 1 heterocycles. The largest absolute Gasteiger partial charge is 0.320 e. The Kier molecular flexibility index (Phi) is 3.16. The maximum Gasteiger partial charge on any atom is 0.0105 e. The maximum atomic E-state index is 3.19. The quantitative estimate of drug-likeness (QED) is 0.623. The summed E-state index contributed by atoms with van der Waals surface area (Å²) in [6.07, 6.45) is 4.11. The zero-order chi connectivity index (χ0) is 7.40. The first kappa shape index (κ1) is 8.02. The third-order valence-corrected chi connectivity index (χ3v) is 2.40. The van der Waals surface area contributed by atoms with E-state index in [9.17, 15) is 0 Å². The van der Waals surface area contributed by atoms with Crippen molar-refractivity contribution in [2.75, 3.05) is 27.2 Å². The Labute approximate surface area is 63.6 Å². The summed E-state index contributed by atoms with van der Waals surface area (Å²) >= 11 is 0. The molecule has 0 bridgehead atoms. The van der Waals surface area contributed by atoms with Gasteiger partial charge in [-0.05, 0) is 46.4 Å². The van der Waals surface area contributed by atoms with Crippen LogP contribution in [0.2, 0.25) is 0 Å². The first-order valence-corrected chi connectivity index (χ1v) is 4.19. The van der Waals surface area contributed by atoms with E-state index < -0.39 is 0 Å². The van der Waals surface area contributed by atoms with Crippen molar-refractivity contribution in [2.45, 2.75) is 25.3 Å². The van der Waals surface area contributed by atoms with Gasteiger partial charge in [0, 0.05) is 6.04 Å². The first-order valence-electron chi connectivity index (χ1n) is 4.19. The van der Waals surface area contributed by atoms with Crippen molar-refractivity contribution in [3.05, 3.63) is 0 Å². The smallest absolute Gasteiger partial charge is 0.0105 e. The molecule has 1 rings (SSSR count). The van der Waals surface area contributed by atoms with E-state index in [1.165, 1.54) is 25.8 Å². The molecule has 0 unspecified atom stereocenters. The average Bonchev–Trinajstić information content (AvgIpc) is 2.31. The SMILES string of the molecule is CNCC[C@H]1CCCN1C. The topological polar surface area (TPSA) is 15.3 Å². The second-order valence-corrected chi connectivity index (χ2v) is 3.17. The van der Waals surface area contributed by atoms with Crippen LogP contribution in [-0.4, -0.2) is 38.1 Å². The van der Waals surface area contributed by atoms with Crippen LogP contribution in [0.25, 0.3) is 0 Å². The minimum absolute atomic E-state index is 0.854. The Morgan fingerprint density at radius 1 is 1.60 bits per heavy atom. The minimum Gasteiger partial charge on any atom is -0.320 e. The monoisotopic (exact) mass is 142 g/mol. The summed E-state index contributed by atoms with van der Waals surface area (Å²) in [6.45, 7) is 2.46. The predicted molar refractivity (Wildman–Crippen MR) is 44.2 cm³/mol. The van der Waals surface area contributed by atoms with Gasteiger partial charge in [0.2, 0.25) is 0 Å². The van der Waals surface area contributed by atoms with Crippen molar-refractivity contribution in [3.63, 3.8) is 0 Å². The molecule has 0 aromatic carbocycles. The maximum absolute atomic E-state index is 3.19. The van der Waals surface area contributed by atoms with E-state index in [1.54, 1.807) is 0 Å². The number of hydrogen-bond acceptors (Lipinski definition) is 2. The van der Waals surface area contributed by atoms with Gasteiger partial charge in [-0.1, -0.05) is 0 Å². The van der Waals surface area contributed by atoms with Crippen molar-refractivity contribution >= 4 is 0 Å². The third kappa shape index (κ3) is 1.96. The van der Waals surface area contributed by atoms with E-state index in [4.69, 9.17) is 0 Å². The lowest BCUT2D eigenvalue weighted by molar-refractivity contribution is 0.295. The second kappa shape index (κ2) is 3.94. The lowest BCUT2D eigenvalue weighted by atomic mass is 10.1. The molecule has 2 heteroatoms. The molecule has 10 heavy (non-hydrogen) atoms. The van der Waals surface area contributed by atoms with Crippen LogP contribution in [-0.2, 0) is 0 Å². The Bertz CT molecular complexity index is 93.3. The van der Waals surface area contributed by atoms with Crippen molar-refractivity contribution in [1.82, 2.24) is 10.2 Å². The van der Waals surface area contributed by atoms with Crippen LogP contribution in [0, 0.1) is 0 Å². The summed E-state index contributed by atoms with van der Waals surface area (Å²) in [4.78, 5) is 2.47. The van der Waals surface area contributed by atoms with Gasteiger partial charge < -0.3 is 10.2 Å². The minimum atomic E-state index is 0.854. The van der Waals surface area contributed by atoms with E-state index in [2.05, 4.69) is 17.3 Å². The van der Waals surface area contributed by atoms with Crippen LogP contribution in [0.15, 0.2) is 0 Å². The molecule has 1 saturated heterocycles. The first-order chi connectivity index (χ1) is 4.84. The summed E-state index contributed by atoms with van der Waals surface area (Å²) in [5.74, 6) is 0. The standard InChI is InChI=1S/C8H18N2/c1-9-6-5-8-4-3-7-10(8)2/h8-9H,3-7H2,1-2H3/t8-/m1/s1. The average molecular weight is 142 g/mol. The van der Waals surface area contributed by atoms with Gasteiger partial charge in [0.1, 0.15) is 0 Å². The molecule has 1 N–H and O–H groups in total. The van der Waals surface area contributed by atoms with Gasteiger partial charge in [-0.15, -0.1) is 0 Å². The molecule has 0 aromatic rings. The molecule has 0 radical (unpaired) electrons. The van der Waals surface area contributed by atoms with E-state index in [0.29, 0.717) is 0 Å². The fourth-order valence-corrected chi connectivity index (χ4v) is 1.65. The molecule has 2 nitrogen and oxygen atoms in total. The van der Waals surface area contributed by atoms with Crippen molar-refractivity contribution in [3.8, 4) is 0 Å². The fraction of sp³-hybridized carbons (Fsp3) is 1.00. The lowest BCUT2D eigenvalue weighted by Gasteiger charge is -2.18. The molecule has 0 spiro atoms. The summed E-state index contributed by atoms with van der Waals surface area (Å²) in [5, 5.41) is 3.19. The van der Waals surface area contributed by atoms with Crippen LogP contribution in [0.5, 0.6) is 0 Å². The summed E-state index contributed by atoms with van der Waals surface area (Å²) in [5.41, 5.74) is 0. The number of nitrogens with one attached hydrogen (secondary N) is 1. The van der Waals surface area contributed by atoms with E-state index in [0.717, 1.165) is 12.6 Å². The zero-order valence-electron chi connectivity index (χ0n) is 7.06. The summed E-state index contributed by atoms with van der Waals surface area (Å²) in [7, 11) is 4.25. The second-order valence-electron chi connectivity index (χ2n) is 3.17. The van der Waals surface area contributed by atoms with Crippen molar-refractivity contribution in [1.29, 1.82) is 0 Å². The highest BCUT2D eigenvalue weighted by Gasteiger charge is 2.19. The van der Waals surface area contributed by atoms with Gasteiger partial charge in [-0.2, -0.15) is 0 Å². The normalized spacial score (nSPS) is 27.6.